The predicted octanol–water partition coefficient (Wildman–Crippen LogP) is 4.10. The van der Waals surface area contributed by atoms with Crippen LogP contribution in [0.2, 0.25) is 0 Å². The van der Waals surface area contributed by atoms with Crippen LogP contribution in [0.25, 0.3) is 6.08 Å². The number of hydrogen-bond donors (Lipinski definition) is 2. The third-order valence-corrected chi connectivity index (χ3v) is 3.10. The number of methoxy groups -OCH3 is 1. The second-order valence-electron chi connectivity index (χ2n) is 5.05. The standard InChI is InChI=1S/C18H20N2O2/c1-13-10-14(2)12-16(11-13)20-18(21)19-9-8-15-6-4-5-7-17(15)22-3/h4-12H,1-3H3,(H2,19,20,21)/b9-8+. The van der Waals surface area contributed by atoms with E-state index in [9.17, 15) is 4.79 Å². The summed E-state index contributed by atoms with van der Waals surface area (Å²) in [5.41, 5.74) is 3.90. The van der Waals surface area contributed by atoms with Crippen molar-refractivity contribution in [3.63, 3.8) is 0 Å². The quantitative estimate of drug-likeness (QED) is 0.892. The summed E-state index contributed by atoms with van der Waals surface area (Å²) in [6, 6.07) is 13.2. The molecule has 22 heavy (non-hydrogen) atoms. The molecule has 0 aliphatic heterocycles. The van der Waals surface area contributed by atoms with Gasteiger partial charge in [-0.15, -0.1) is 0 Å². The number of ether oxygens (including phenoxy) is 1. The van der Waals surface area contributed by atoms with Crippen LogP contribution in [0.5, 0.6) is 5.75 Å². The summed E-state index contributed by atoms with van der Waals surface area (Å²) in [6.45, 7) is 4.00. The largest absolute Gasteiger partial charge is 0.496 e. The number of nitrogens with one attached hydrogen (secondary N) is 2. The first-order valence-electron chi connectivity index (χ1n) is 7.04. The number of para-hydroxylation sites is 1. The van der Waals surface area contributed by atoms with Crippen molar-refractivity contribution in [2.24, 2.45) is 0 Å². The first-order valence-corrected chi connectivity index (χ1v) is 7.04. The van der Waals surface area contributed by atoms with E-state index in [1.807, 2.05) is 50.2 Å². The fourth-order valence-corrected chi connectivity index (χ4v) is 2.23. The molecule has 0 aromatic heterocycles. The van der Waals surface area contributed by atoms with Gasteiger partial charge in [0.1, 0.15) is 5.75 Å². The van der Waals surface area contributed by atoms with E-state index in [2.05, 4.69) is 16.7 Å². The minimum absolute atomic E-state index is 0.281. The van der Waals surface area contributed by atoms with E-state index in [4.69, 9.17) is 4.74 Å². The smallest absolute Gasteiger partial charge is 0.323 e. The van der Waals surface area contributed by atoms with Gasteiger partial charge >= 0.3 is 6.03 Å². The molecule has 2 rings (SSSR count). The van der Waals surface area contributed by atoms with Crippen molar-refractivity contribution >= 4 is 17.8 Å². The zero-order chi connectivity index (χ0) is 15.9. The van der Waals surface area contributed by atoms with Gasteiger partial charge in [-0.05, 0) is 49.2 Å². The highest BCUT2D eigenvalue weighted by Crippen LogP contribution is 2.18. The summed E-state index contributed by atoms with van der Waals surface area (Å²) >= 11 is 0. The molecule has 4 heteroatoms. The van der Waals surface area contributed by atoms with Gasteiger partial charge < -0.3 is 15.4 Å². The molecule has 0 atom stereocenters. The lowest BCUT2D eigenvalue weighted by atomic mass is 10.1. The van der Waals surface area contributed by atoms with Crippen LogP contribution in [0, 0.1) is 13.8 Å². The second-order valence-corrected chi connectivity index (χ2v) is 5.05. The summed E-state index contributed by atoms with van der Waals surface area (Å²) in [5, 5.41) is 5.49. The fraction of sp³-hybridized carbons (Fsp3) is 0.167. The maximum absolute atomic E-state index is 11.9. The highest BCUT2D eigenvalue weighted by molar-refractivity contribution is 5.90. The molecule has 4 nitrogen and oxygen atoms in total. The molecule has 0 unspecified atom stereocenters. The highest BCUT2D eigenvalue weighted by Gasteiger charge is 2.01. The molecule has 0 aliphatic carbocycles. The van der Waals surface area contributed by atoms with Gasteiger partial charge in [-0.2, -0.15) is 0 Å². The third-order valence-electron chi connectivity index (χ3n) is 3.10. The van der Waals surface area contributed by atoms with Gasteiger partial charge in [-0.3, -0.25) is 0 Å². The number of carbonyl (C=O) groups excluding carboxylic acids is 1. The number of carbonyl (C=O) groups is 1. The molecular weight excluding hydrogens is 276 g/mol. The SMILES string of the molecule is COc1ccccc1/C=C/NC(=O)Nc1cc(C)cc(C)c1. The Morgan fingerprint density at radius 2 is 1.77 bits per heavy atom. The maximum atomic E-state index is 11.9. The number of hydrogen-bond acceptors (Lipinski definition) is 2. The van der Waals surface area contributed by atoms with Crippen LogP contribution in [0.1, 0.15) is 16.7 Å². The Labute approximate surface area is 130 Å². The Balaban J connectivity index is 1.96. The molecule has 0 bridgehead atoms. The van der Waals surface area contributed by atoms with Gasteiger partial charge in [0.05, 0.1) is 7.11 Å². The molecule has 0 spiro atoms. The molecule has 0 aliphatic rings. The average Bonchev–Trinajstić information content (AvgIpc) is 2.46. The maximum Gasteiger partial charge on any atom is 0.323 e. The molecular formula is C18H20N2O2. The summed E-state index contributed by atoms with van der Waals surface area (Å²) < 4.78 is 5.25. The zero-order valence-electron chi connectivity index (χ0n) is 13.0. The van der Waals surface area contributed by atoms with Crippen LogP contribution in [0.3, 0.4) is 0 Å². The Kier molecular flexibility index (Phi) is 5.20. The van der Waals surface area contributed by atoms with Gasteiger partial charge in [0, 0.05) is 17.5 Å². The molecule has 2 aromatic rings. The molecule has 0 saturated heterocycles. The number of aryl methyl sites for hydroxylation is 2. The Bertz CT molecular complexity index is 673. The zero-order valence-corrected chi connectivity index (χ0v) is 13.0. The number of amides is 2. The number of urea groups is 1. The lowest BCUT2D eigenvalue weighted by Crippen LogP contribution is -2.23. The van der Waals surface area contributed by atoms with Gasteiger partial charge in [0.15, 0.2) is 0 Å². The van der Waals surface area contributed by atoms with Crippen molar-refractivity contribution in [1.29, 1.82) is 0 Å². The molecule has 2 N–H and O–H groups in total. The van der Waals surface area contributed by atoms with E-state index in [1.165, 1.54) is 0 Å². The van der Waals surface area contributed by atoms with Crippen molar-refractivity contribution in [1.82, 2.24) is 5.32 Å². The van der Waals surface area contributed by atoms with Crippen molar-refractivity contribution in [2.75, 3.05) is 12.4 Å². The topological polar surface area (TPSA) is 50.4 Å². The highest BCUT2D eigenvalue weighted by atomic mass is 16.5. The van der Waals surface area contributed by atoms with Crippen molar-refractivity contribution < 1.29 is 9.53 Å². The van der Waals surface area contributed by atoms with Crippen LogP contribution >= 0.6 is 0 Å². The second kappa shape index (κ2) is 7.31. The van der Waals surface area contributed by atoms with Crippen LogP contribution in [-0.4, -0.2) is 13.1 Å². The first kappa shape index (κ1) is 15.6. The number of benzene rings is 2. The summed E-state index contributed by atoms with van der Waals surface area (Å²) in [5.74, 6) is 0.760. The van der Waals surface area contributed by atoms with E-state index < -0.39 is 0 Å². The van der Waals surface area contributed by atoms with Crippen LogP contribution in [0.4, 0.5) is 10.5 Å². The number of rotatable bonds is 4. The molecule has 114 valence electrons. The van der Waals surface area contributed by atoms with Crippen molar-refractivity contribution in [3.05, 3.63) is 65.4 Å². The summed E-state index contributed by atoms with van der Waals surface area (Å²) in [4.78, 5) is 11.9. The lowest BCUT2D eigenvalue weighted by molar-refractivity contribution is 0.255. The van der Waals surface area contributed by atoms with E-state index in [0.29, 0.717) is 0 Å². The van der Waals surface area contributed by atoms with Crippen molar-refractivity contribution in [3.8, 4) is 5.75 Å². The van der Waals surface area contributed by atoms with Crippen LogP contribution < -0.4 is 15.4 Å². The molecule has 0 fully saturated rings. The van der Waals surface area contributed by atoms with E-state index in [0.717, 1.165) is 28.1 Å². The van der Waals surface area contributed by atoms with E-state index in [-0.39, 0.29) is 6.03 Å². The molecule has 0 saturated carbocycles. The lowest BCUT2D eigenvalue weighted by Gasteiger charge is -2.07. The monoisotopic (exact) mass is 296 g/mol. The van der Waals surface area contributed by atoms with Crippen molar-refractivity contribution in [2.45, 2.75) is 13.8 Å². The molecule has 2 amide bonds. The molecule has 0 heterocycles. The minimum atomic E-state index is -0.281. The average molecular weight is 296 g/mol. The Morgan fingerprint density at radius 3 is 2.45 bits per heavy atom. The third kappa shape index (κ3) is 4.38. The first-order chi connectivity index (χ1) is 10.6. The predicted molar refractivity (Wildman–Crippen MR) is 90.1 cm³/mol. The van der Waals surface area contributed by atoms with Crippen LogP contribution in [0.15, 0.2) is 48.7 Å². The normalized spacial score (nSPS) is 10.5. The number of anilines is 1. The minimum Gasteiger partial charge on any atom is -0.496 e. The summed E-state index contributed by atoms with van der Waals surface area (Å²) in [6.07, 6.45) is 3.38. The molecule has 2 aromatic carbocycles. The van der Waals surface area contributed by atoms with E-state index in [1.54, 1.807) is 19.4 Å². The van der Waals surface area contributed by atoms with E-state index >= 15 is 0 Å². The summed E-state index contributed by atoms with van der Waals surface area (Å²) in [7, 11) is 1.62. The van der Waals surface area contributed by atoms with Gasteiger partial charge in [-0.25, -0.2) is 4.79 Å². The van der Waals surface area contributed by atoms with Crippen LogP contribution in [-0.2, 0) is 0 Å². The Morgan fingerprint density at radius 1 is 1.09 bits per heavy atom. The Hall–Kier alpha value is -2.75. The van der Waals surface area contributed by atoms with Gasteiger partial charge in [0.25, 0.3) is 0 Å². The van der Waals surface area contributed by atoms with Gasteiger partial charge in [-0.1, -0.05) is 24.3 Å². The fourth-order valence-electron chi connectivity index (χ4n) is 2.23. The molecule has 0 radical (unpaired) electrons. The van der Waals surface area contributed by atoms with Gasteiger partial charge in [0.2, 0.25) is 0 Å².